The predicted octanol–water partition coefficient (Wildman–Crippen LogP) is 2.57. The smallest absolute Gasteiger partial charge is 0.241 e. The highest BCUT2D eigenvalue weighted by Crippen LogP contribution is 2.31. The van der Waals surface area contributed by atoms with Crippen LogP contribution in [0.4, 0.5) is 11.4 Å². The minimum atomic E-state index is -0.162. The van der Waals surface area contributed by atoms with Crippen LogP contribution in [0.25, 0.3) is 0 Å². The second-order valence-corrected chi connectivity index (χ2v) is 7.92. The number of amides is 2. The lowest BCUT2D eigenvalue weighted by Crippen LogP contribution is -2.51. The molecule has 1 atom stereocenters. The van der Waals surface area contributed by atoms with Gasteiger partial charge in [0.2, 0.25) is 11.8 Å². The minimum Gasteiger partial charge on any atom is -0.324 e. The number of nitrogens with one attached hydrogen (secondary N) is 1. The maximum Gasteiger partial charge on any atom is 0.241 e. The zero-order chi connectivity index (χ0) is 20.2. The zero-order valence-electron chi connectivity index (χ0n) is 16.9. The maximum absolute atomic E-state index is 13.2. The lowest BCUT2D eigenvalue weighted by atomic mass is 10.1. The molecule has 0 radical (unpaired) electrons. The molecule has 0 bridgehead atoms. The molecule has 1 saturated heterocycles. The maximum atomic E-state index is 13.2. The summed E-state index contributed by atoms with van der Waals surface area (Å²) in [5, 5.41) is 2.92. The first-order valence-electron chi connectivity index (χ1n) is 10.3. The number of para-hydroxylation sites is 2. The largest absolute Gasteiger partial charge is 0.324 e. The molecule has 1 fully saturated rings. The van der Waals surface area contributed by atoms with Crippen LogP contribution in [-0.4, -0.2) is 60.4 Å². The van der Waals surface area contributed by atoms with Crippen LogP contribution in [0, 0.1) is 0 Å². The molecule has 2 heterocycles. The molecular formula is C23H28N4O2. The fourth-order valence-corrected chi connectivity index (χ4v) is 4.18. The van der Waals surface area contributed by atoms with Crippen LogP contribution in [-0.2, 0) is 16.1 Å². The van der Waals surface area contributed by atoms with Gasteiger partial charge >= 0.3 is 0 Å². The summed E-state index contributed by atoms with van der Waals surface area (Å²) in [6.07, 6.45) is 0.311. The fraction of sp³-hybridized carbons (Fsp3) is 0.391. The Hall–Kier alpha value is -2.70. The number of rotatable bonds is 4. The van der Waals surface area contributed by atoms with Crippen LogP contribution in [0.3, 0.4) is 0 Å². The number of carbonyl (C=O) groups excluding carboxylic acids is 2. The first-order valence-corrected chi connectivity index (χ1v) is 10.3. The Kier molecular flexibility index (Phi) is 5.92. The molecule has 0 unspecified atom stereocenters. The highest BCUT2D eigenvalue weighted by atomic mass is 16.2. The second-order valence-electron chi connectivity index (χ2n) is 7.92. The summed E-state index contributed by atoms with van der Waals surface area (Å²) in [4.78, 5) is 31.8. The number of anilines is 2. The molecule has 2 amide bonds. The van der Waals surface area contributed by atoms with E-state index in [1.54, 1.807) is 4.90 Å². The van der Waals surface area contributed by atoms with Gasteiger partial charge in [-0.2, -0.15) is 0 Å². The average Bonchev–Trinajstić information content (AvgIpc) is 2.84. The molecular weight excluding hydrogens is 364 g/mol. The normalized spacial score (nSPS) is 20.7. The molecule has 0 aliphatic carbocycles. The Morgan fingerprint density at radius 3 is 2.38 bits per heavy atom. The zero-order valence-corrected chi connectivity index (χ0v) is 16.9. The van der Waals surface area contributed by atoms with E-state index in [1.165, 1.54) is 5.56 Å². The standard InChI is InChI=1S/C23H28N4O2/c1-18-15-22(28)24-20-9-5-6-10-21(20)27(18)23(29)17-26-13-11-25(12-14-26)16-19-7-3-2-4-8-19/h2-10,18H,11-17H2,1H3,(H,24,28)/t18-/m1/s1. The molecule has 2 aromatic rings. The highest BCUT2D eigenvalue weighted by Gasteiger charge is 2.31. The van der Waals surface area contributed by atoms with E-state index < -0.39 is 0 Å². The van der Waals surface area contributed by atoms with Gasteiger partial charge in [-0.15, -0.1) is 0 Å². The summed E-state index contributed by atoms with van der Waals surface area (Å²) >= 11 is 0. The monoisotopic (exact) mass is 392 g/mol. The summed E-state index contributed by atoms with van der Waals surface area (Å²) in [7, 11) is 0. The molecule has 6 heteroatoms. The number of fused-ring (bicyclic) bond motifs is 1. The van der Waals surface area contributed by atoms with Crippen molar-refractivity contribution >= 4 is 23.2 Å². The van der Waals surface area contributed by atoms with Gasteiger partial charge < -0.3 is 10.2 Å². The van der Waals surface area contributed by atoms with Gasteiger partial charge in [0.1, 0.15) is 0 Å². The van der Waals surface area contributed by atoms with Crippen LogP contribution >= 0.6 is 0 Å². The van der Waals surface area contributed by atoms with Crippen molar-refractivity contribution in [1.29, 1.82) is 0 Å². The van der Waals surface area contributed by atoms with Gasteiger partial charge in [-0.1, -0.05) is 42.5 Å². The molecule has 2 aromatic carbocycles. The van der Waals surface area contributed by atoms with Gasteiger partial charge in [-0.25, -0.2) is 0 Å². The quantitative estimate of drug-likeness (QED) is 0.869. The van der Waals surface area contributed by atoms with Gasteiger partial charge in [-0.3, -0.25) is 19.4 Å². The molecule has 6 nitrogen and oxygen atoms in total. The first-order chi connectivity index (χ1) is 14.1. The van der Waals surface area contributed by atoms with Gasteiger partial charge in [-0.05, 0) is 24.6 Å². The third-order valence-corrected chi connectivity index (χ3v) is 5.70. The van der Waals surface area contributed by atoms with Crippen LogP contribution < -0.4 is 10.2 Å². The van der Waals surface area contributed by atoms with Crippen LogP contribution in [0.1, 0.15) is 18.9 Å². The third-order valence-electron chi connectivity index (χ3n) is 5.70. The van der Waals surface area contributed by atoms with Gasteiger partial charge in [0.25, 0.3) is 0 Å². The van der Waals surface area contributed by atoms with E-state index in [2.05, 4.69) is 39.4 Å². The molecule has 152 valence electrons. The van der Waals surface area contributed by atoms with Gasteiger partial charge in [0.05, 0.1) is 17.9 Å². The molecule has 0 saturated carbocycles. The van der Waals surface area contributed by atoms with Crippen molar-refractivity contribution in [1.82, 2.24) is 9.80 Å². The Bertz CT molecular complexity index is 862. The van der Waals surface area contributed by atoms with Crippen LogP contribution in [0.15, 0.2) is 54.6 Å². The SMILES string of the molecule is C[C@@H]1CC(=O)Nc2ccccc2N1C(=O)CN1CCN(Cc2ccccc2)CC1. The first kappa shape index (κ1) is 19.6. The Balaban J connectivity index is 1.38. The average molecular weight is 393 g/mol. The Labute approximate surface area is 172 Å². The topological polar surface area (TPSA) is 55.9 Å². The number of benzene rings is 2. The number of nitrogens with zero attached hydrogens (tertiary/aromatic N) is 3. The number of hydrogen-bond acceptors (Lipinski definition) is 4. The number of carbonyl (C=O) groups is 2. The summed E-state index contributed by atoms with van der Waals surface area (Å²) in [5.41, 5.74) is 2.82. The van der Waals surface area contributed by atoms with Crippen LogP contribution in [0.5, 0.6) is 0 Å². The van der Waals surface area contributed by atoms with E-state index >= 15 is 0 Å². The lowest BCUT2D eigenvalue weighted by Gasteiger charge is -2.36. The van der Waals surface area contributed by atoms with Crippen molar-refractivity contribution in [2.75, 3.05) is 42.9 Å². The molecule has 29 heavy (non-hydrogen) atoms. The molecule has 2 aliphatic rings. The van der Waals surface area contributed by atoms with E-state index in [4.69, 9.17) is 0 Å². The summed E-state index contributed by atoms with van der Waals surface area (Å²) < 4.78 is 0. The molecule has 0 spiro atoms. The Morgan fingerprint density at radius 2 is 1.62 bits per heavy atom. The van der Waals surface area contributed by atoms with Gasteiger partial charge in [0.15, 0.2) is 0 Å². The van der Waals surface area contributed by atoms with E-state index in [9.17, 15) is 9.59 Å². The second kappa shape index (κ2) is 8.76. The number of hydrogen-bond donors (Lipinski definition) is 1. The van der Waals surface area contributed by atoms with Crippen molar-refractivity contribution in [3.8, 4) is 0 Å². The van der Waals surface area contributed by atoms with Crippen molar-refractivity contribution in [2.45, 2.75) is 25.9 Å². The molecule has 1 N–H and O–H groups in total. The van der Waals surface area contributed by atoms with E-state index in [1.807, 2.05) is 37.3 Å². The van der Waals surface area contributed by atoms with E-state index in [-0.39, 0.29) is 17.9 Å². The predicted molar refractivity (Wildman–Crippen MR) is 115 cm³/mol. The molecule has 2 aliphatic heterocycles. The van der Waals surface area contributed by atoms with Crippen LogP contribution in [0.2, 0.25) is 0 Å². The van der Waals surface area contributed by atoms with E-state index in [0.717, 1.165) is 38.4 Å². The van der Waals surface area contributed by atoms with E-state index in [0.29, 0.717) is 18.7 Å². The third kappa shape index (κ3) is 4.66. The fourth-order valence-electron chi connectivity index (χ4n) is 4.18. The lowest BCUT2D eigenvalue weighted by molar-refractivity contribution is -0.120. The summed E-state index contributed by atoms with van der Waals surface area (Å²) in [6.45, 7) is 6.93. The van der Waals surface area contributed by atoms with Crippen molar-refractivity contribution in [2.24, 2.45) is 0 Å². The molecule has 0 aromatic heterocycles. The minimum absolute atomic E-state index is 0.0465. The van der Waals surface area contributed by atoms with Crippen molar-refractivity contribution in [3.05, 3.63) is 60.2 Å². The van der Waals surface area contributed by atoms with Crippen molar-refractivity contribution in [3.63, 3.8) is 0 Å². The molecule has 4 rings (SSSR count). The number of piperazine rings is 1. The Morgan fingerprint density at radius 1 is 0.966 bits per heavy atom. The van der Waals surface area contributed by atoms with Gasteiger partial charge in [0, 0.05) is 45.2 Å². The summed E-state index contributed by atoms with van der Waals surface area (Å²) in [5.74, 6) is 0.00716. The summed E-state index contributed by atoms with van der Waals surface area (Å²) in [6, 6.07) is 17.9. The highest BCUT2D eigenvalue weighted by molar-refractivity contribution is 6.04. The van der Waals surface area contributed by atoms with Crippen molar-refractivity contribution < 1.29 is 9.59 Å².